The van der Waals surface area contributed by atoms with Crippen LogP contribution in [0.2, 0.25) is 0 Å². The molecule has 0 aliphatic carbocycles. The zero-order chi connectivity index (χ0) is 92.0. The second-order valence-electron chi connectivity index (χ2n) is 33.6. The van der Waals surface area contributed by atoms with Crippen LogP contribution in [0.1, 0.15) is 391 Å². The van der Waals surface area contributed by atoms with Crippen molar-refractivity contribution in [1.82, 2.24) is 21.3 Å². The fourth-order valence-corrected chi connectivity index (χ4v) is 12.2. The van der Waals surface area contributed by atoms with Crippen LogP contribution in [-0.2, 0) is 57.1 Å². The fraction of sp³-hybridized carbons (Fsp3) is 0.808. The van der Waals surface area contributed by atoms with Crippen molar-refractivity contribution in [2.45, 2.75) is 440 Å². The molecular weight excluding hydrogens is 1560 g/mol. The number of aliphatic hydroxyl groups excluding tert-OH is 4. The summed E-state index contributed by atoms with van der Waals surface area (Å²) in [7, 11) is 0. The molecule has 0 fully saturated rings. The van der Waals surface area contributed by atoms with E-state index in [0.29, 0.717) is 131 Å². The summed E-state index contributed by atoms with van der Waals surface area (Å²) in [4.78, 5) is 47.3. The molecule has 0 saturated carbocycles. The fourth-order valence-electron chi connectivity index (χ4n) is 12.2. The molecule has 0 aromatic carbocycles. The molecule has 0 saturated heterocycles. The van der Waals surface area contributed by atoms with Gasteiger partial charge in [-0.25, -0.2) is 0 Å². The van der Waals surface area contributed by atoms with Crippen molar-refractivity contribution in [3.8, 4) is 0 Å². The molecule has 0 aromatic heterocycles. The van der Waals surface area contributed by atoms with Gasteiger partial charge in [0.1, 0.15) is 0 Å². The maximum Gasteiger partial charge on any atom is 0.220 e. The first kappa shape index (κ1) is 126. The molecule has 0 aliphatic heterocycles. The summed E-state index contributed by atoms with van der Waals surface area (Å²) in [5.41, 5.74) is 0. The molecule has 728 valence electrons. The van der Waals surface area contributed by atoms with E-state index in [-0.39, 0.29) is 48.0 Å². The molecule has 0 spiro atoms. The highest BCUT2D eigenvalue weighted by Crippen LogP contribution is 2.14. The van der Waals surface area contributed by atoms with E-state index < -0.39 is 24.4 Å². The lowest BCUT2D eigenvalue weighted by Crippen LogP contribution is -2.28. The van der Waals surface area contributed by atoms with Gasteiger partial charge in [-0.1, -0.05) is 253 Å². The highest BCUT2D eigenvalue weighted by Gasteiger charge is 2.11. The van der Waals surface area contributed by atoms with E-state index in [0.717, 1.165) is 103 Å². The van der Waals surface area contributed by atoms with Gasteiger partial charge >= 0.3 is 0 Å². The first-order chi connectivity index (χ1) is 60.2. The van der Waals surface area contributed by atoms with Crippen molar-refractivity contribution in [3.63, 3.8) is 0 Å². The Morgan fingerprint density at radius 3 is 0.556 bits per heavy atom. The molecule has 8 N–H and O–H groups in total. The number of rotatable bonds is 88. The van der Waals surface area contributed by atoms with Gasteiger partial charge in [0.2, 0.25) is 23.6 Å². The van der Waals surface area contributed by atoms with E-state index in [1.165, 1.54) is 180 Å². The number of amides is 4. The summed E-state index contributed by atoms with van der Waals surface area (Å²) in [6.07, 6.45) is 89.4. The lowest BCUT2D eigenvalue weighted by Gasteiger charge is -2.14. The molecule has 8 unspecified atom stereocenters. The second kappa shape index (κ2) is 107. The quantitative estimate of drug-likeness (QED) is 0.0208. The van der Waals surface area contributed by atoms with Crippen LogP contribution in [-0.4, -0.2) is 198 Å². The van der Waals surface area contributed by atoms with Crippen LogP contribution >= 0.6 is 0 Å². The number of carbonyl (C=O) groups is 4. The minimum Gasteiger partial charge on any atom is -0.391 e. The monoisotopic (exact) mass is 1760 g/mol. The number of aliphatic hydroxyl groups is 4. The molecular formula is C104H196N4O16. The maximum absolute atomic E-state index is 11.8. The molecule has 124 heavy (non-hydrogen) atoms. The molecule has 0 rings (SSSR count). The predicted molar refractivity (Wildman–Crippen MR) is 521 cm³/mol. The predicted octanol–water partition coefficient (Wildman–Crippen LogP) is 22.9. The third-order valence-electron chi connectivity index (χ3n) is 19.6. The Kier molecular flexibility index (Phi) is 108. The topological polar surface area (TPSA) is 271 Å². The summed E-state index contributed by atoms with van der Waals surface area (Å²) < 4.78 is 43.5. The summed E-state index contributed by atoms with van der Waals surface area (Å²) >= 11 is 0. The zero-order valence-corrected chi connectivity index (χ0v) is 81.8. The van der Waals surface area contributed by atoms with Crippen LogP contribution in [0.3, 0.4) is 0 Å². The lowest BCUT2D eigenvalue weighted by atomic mass is 10.1. The third kappa shape index (κ3) is 119. The van der Waals surface area contributed by atoms with Gasteiger partial charge in [0.05, 0.1) is 128 Å². The van der Waals surface area contributed by atoms with Gasteiger partial charge in [-0.2, -0.15) is 0 Å². The molecule has 0 bridgehead atoms. The lowest BCUT2D eigenvalue weighted by molar-refractivity contribution is -0.122. The van der Waals surface area contributed by atoms with Crippen molar-refractivity contribution in [3.05, 3.63) is 97.2 Å². The molecule has 4 amide bonds. The van der Waals surface area contributed by atoms with E-state index in [1.54, 1.807) is 27.7 Å². The first-order valence-electron chi connectivity index (χ1n) is 50.0. The van der Waals surface area contributed by atoms with Crippen LogP contribution in [0.5, 0.6) is 0 Å². The van der Waals surface area contributed by atoms with Crippen molar-refractivity contribution in [2.24, 2.45) is 0 Å². The largest absolute Gasteiger partial charge is 0.391 e. The summed E-state index contributed by atoms with van der Waals surface area (Å²) in [5, 5.41) is 48.2. The van der Waals surface area contributed by atoms with Crippen molar-refractivity contribution in [2.75, 3.05) is 105 Å². The Morgan fingerprint density at radius 2 is 0.387 bits per heavy atom. The second-order valence-corrected chi connectivity index (χ2v) is 33.6. The summed E-state index contributed by atoms with van der Waals surface area (Å²) in [6.45, 7) is 30.5. The molecule has 20 heteroatoms. The van der Waals surface area contributed by atoms with Gasteiger partial charge in [0.25, 0.3) is 0 Å². The third-order valence-corrected chi connectivity index (χ3v) is 19.6. The van der Waals surface area contributed by atoms with Gasteiger partial charge in [-0.05, 0) is 209 Å². The molecule has 20 nitrogen and oxygen atoms in total. The van der Waals surface area contributed by atoms with Crippen LogP contribution in [0.15, 0.2) is 97.2 Å². The average Bonchev–Trinajstić information content (AvgIpc) is 1.03. The van der Waals surface area contributed by atoms with Crippen LogP contribution in [0.25, 0.3) is 0 Å². The van der Waals surface area contributed by atoms with Crippen LogP contribution in [0.4, 0.5) is 0 Å². The Bertz CT molecular complexity index is 2120. The van der Waals surface area contributed by atoms with E-state index in [2.05, 4.69) is 146 Å². The minimum absolute atomic E-state index is 0.0575. The zero-order valence-electron chi connectivity index (χ0n) is 81.8. The van der Waals surface area contributed by atoms with Crippen LogP contribution in [0, 0.1) is 0 Å². The minimum atomic E-state index is -0.462. The summed E-state index contributed by atoms with van der Waals surface area (Å²) in [6, 6.07) is 0. The Balaban J connectivity index is -0.000000774. The van der Waals surface area contributed by atoms with Gasteiger partial charge in [-0.15, -0.1) is 0 Å². The normalized spacial score (nSPS) is 13.8. The van der Waals surface area contributed by atoms with E-state index in [4.69, 9.17) is 58.3 Å². The maximum atomic E-state index is 11.8. The van der Waals surface area contributed by atoms with E-state index in [9.17, 15) is 19.2 Å². The highest BCUT2D eigenvalue weighted by molar-refractivity contribution is 5.76. The van der Waals surface area contributed by atoms with Crippen molar-refractivity contribution < 1.29 is 77.5 Å². The van der Waals surface area contributed by atoms with Crippen molar-refractivity contribution in [1.29, 1.82) is 0 Å². The highest BCUT2D eigenvalue weighted by atomic mass is 16.6. The molecule has 0 radical (unpaired) electrons. The Hall–Kier alpha value is -4.68. The number of unbranched alkanes of at least 4 members (excludes halogenated alkanes) is 32. The number of nitrogens with one attached hydrogen (secondary N) is 4. The van der Waals surface area contributed by atoms with E-state index >= 15 is 0 Å². The number of hydrogen-bond donors (Lipinski definition) is 8. The number of allylic oxidation sites excluding steroid dienone is 16. The first-order valence-corrected chi connectivity index (χ1v) is 50.0. The van der Waals surface area contributed by atoms with Crippen molar-refractivity contribution >= 4 is 23.6 Å². The Morgan fingerprint density at radius 1 is 0.226 bits per heavy atom. The summed E-state index contributed by atoms with van der Waals surface area (Å²) in [5.74, 6) is 0.417. The van der Waals surface area contributed by atoms with Gasteiger partial charge < -0.3 is 79.6 Å². The SMILES string of the molecule is CCCCCC=CCC=CCCCCCCCC(=O)NCCOCC(C)OCC(C)O.CCCCCC=CCC=CCCCCCCCC(=O)NCCOCC(C)OCC(C)O.CCCCCC=CCC=CCCCCCCCC(=O)NCCOCC(C)OCC(C)O.CCCCCC=CCC=CCCCCCCCC(=O)NCCOCC(C)OCC(C)O. The number of carbonyl (C=O) groups excluding carboxylic acids is 4. The average molecular weight is 1760 g/mol. The Labute approximate surface area is 761 Å². The number of hydrogen-bond acceptors (Lipinski definition) is 16. The molecule has 0 heterocycles. The molecule has 0 aliphatic rings. The smallest absolute Gasteiger partial charge is 0.220 e. The molecule has 0 aromatic rings. The van der Waals surface area contributed by atoms with E-state index in [1.807, 2.05) is 27.7 Å². The van der Waals surface area contributed by atoms with Gasteiger partial charge in [0, 0.05) is 51.9 Å². The standard InChI is InChI=1S/4C26H49NO4/c4*1-4-5-6-7-8-9-10-11-12-13-14-15-16-17-18-19-26(29)27-20-21-30-23-25(3)31-22-24(2)28/h4*8-9,11-12,24-25,28H,4-7,10,13-23H2,1-3H3,(H,27,29). The van der Waals surface area contributed by atoms with Crippen LogP contribution < -0.4 is 21.3 Å². The molecule has 8 atom stereocenters. The van der Waals surface area contributed by atoms with Gasteiger partial charge in [0.15, 0.2) is 0 Å². The number of ether oxygens (including phenoxy) is 8. The van der Waals surface area contributed by atoms with Gasteiger partial charge in [-0.3, -0.25) is 19.2 Å².